The molecular weight excluding hydrogens is 313 g/mol. The van der Waals surface area contributed by atoms with Crippen LogP contribution in [0.15, 0.2) is 29.3 Å². The van der Waals surface area contributed by atoms with Gasteiger partial charge in [-0.25, -0.2) is 4.39 Å². The summed E-state index contributed by atoms with van der Waals surface area (Å²) in [5, 5.41) is 7.34. The first-order valence-electron chi connectivity index (χ1n) is 8.15. The van der Waals surface area contributed by atoms with Gasteiger partial charge in [-0.3, -0.25) is 4.99 Å². The second-order valence-corrected chi connectivity index (χ2v) is 6.92. The zero-order valence-electron chi connectivity index (χ0n) is 13.8. The SMILES string of the molecule is CCNC(=NCC(OC)c1ccc(F)cc1)NCC1CCCS1. The molecule has 0 spiro atoms. The summed E-state index contributed by atoms with van der Waals surface area (Å²) in [7, 11) is 1.65. The van der Waals surface area contributed by atoms with Crippen molar-refractivity contribution >= 4 is 17.7 Å². The van der Waals surface area contributed by atoms with Crippen LogP contribution >= 0.6 is 11.8 Å². The van der Waals surface area contributed by atoms with E-state index in [4.69, 9.17) is 4.74 Å². The normalized spacial score (nSPS) is 19.6. The van der Waals surface area contributed by atoms with Gasteiger partial charge in [0, 0.05) is 25.4 Å². The predicted molar refractivity (Wildman–Crippen MR) is 95.6 cm³/mol. The van der Waals surface area contributed by atoms with E-state index in [0.717, 1.165) is 24.6 Å². The zero-order valence-corrected chi connectivity index (χ0v) is 14.7. The lowest BCUT2D eigenvalue weighted by atomic mass is 10.1. The molecule has 0 aromatic heterocycles. The van der Waals surface area contributed by atoms with E-state index in [2.05, 4.69) is 22.5 Å². The van der Waals surface area contributed by atoms with Crippen LogP contribution < -0.4 is 10.6 Å². The van der Waals surface area contributed by atoms with Crippen molar-refractivity contribution in [3.05, 3.63) is 35.6 Å². The third-order valence-corrected chi connectivity index (χ3v) is 5.21. The van der Waals surface area contributed by atoms with E-state index in [9.17, 15) is 4.39 Å². The van der Waals surface area contributed by atoms with Gasteiger partial charge in [0.25, 0.3) is 0 Å². The summed E-state index contributed by atoms with van der Waals surface area (Å²) >= 11 is 2.02. The first-order chi connectivity index (χ1) is 11.2. The number of guanidine groups is 1. The molecule has 2 unspecified atom stereocenters. The van der Waals surface area contributed by atoms with Crippen molar-refractivity contribution in [3.8, 4) is 0 Å². The Kier molecular flexibility index (Phi) is 7.68. The molecule has 0 radical (unpaired) electrons. The van der Waals surface area contributed by atoms with E-state index < -0.39 is 0 Å². The molecule has 0 aliphatic carbocycles. The number of methoxy groups -OCH3 is 1. The van der Waals surface area contributed by atoms with Gasteiger partial charge >= 0.3 is 0 Å². The van der Waals surface area contributed by atoms with Crippen LogP contribution in [0.3, 0.4) is 0 Å². The van der Waals surface area contributed by atoms with Crippen molar-refractivity contribution in [3.63, 3.8) is 0 Å². The van der Waals surface area contributed by atoms with Gasteiger partial charge in [-0.1, -0.05) is 12.1 Å². The zero-order chi connectivity index (χ0) is 16.5. The summed E-state index contributed by atoms with van der Waals surface area (Å²) < 4.78 is 18.5. The summed E-state index contributed by atoms with van der Waals surface area (Å²) in [6.45, 7) is 4.30. The van der Waals surface area contributed by atoms with Crippen LogP contribution in [0, 0.1) is 5.82 Å². The average molecular weight is 339 g/mol. The highest BCUT2D eigenvalue weighted by atomic mass is 32.2. The molecule has 128 valence electrons. The Bertz CT molecular complexity index is 489. The quantitative estimate of drug-likeness (QED) is 0.592. The molecule has 4 nitrogen and oxygen atoms in total. The molecule has 1 aromatic rings. The van der Waals surface area contributed by atoms with Gasteiger partial charge in [0.2, 0.25) is 0 Å². The maximum Gasteiger partial charge on any atom is 0.191 e. The predicted octanol–water partition coefficient (Wildman–Crippen LogP) is 2.96. The largest absolute Gasteiger partial charge is 0.375 e. The molecule has 0 saturated carbocycles. The van der Waals surface area contributed by atoms with Gasteiger partial charge in [0.05, 0.1) is 6.54 Å². The molecule has 6 heteroatoms. The fourth-order valence-corrected chi connectivity index (χ4v) is 3.73. The van der Waals surface area contributed by atoms with Crippen LogP contribution in [0.25, 0.3) is 0 Å². The average Bonchev–Trinajstić information content (AvgIpc) is 3.08. The number of rotatable bonds is 7. The molecule has 1 fully saturated rings. The lowest BCUT2D eigenvalue weighted by Gasteiger charge is -2.17. The summed E-state index contributed by atoms with van der Waals surface area (Å²) in [4.78, 5) is 4.61. The number of nitrogens with zero attached hydrogens (tertiary/aromatic N) is 1. The molecular formula is C17H26FN3OS. The lowest BCUT2D eigenvalue weighted by Crippen LogP contribution is -2.40. The second kappa shape index (κ2) is 9.78. The molecule has 1 saturated heterocycles. The van der Waals surface area contributed by atoms with E-state index in [0.29, 0.717) is 11.8 Å². The van der Waals surface area contributed by atoms with Gasteiger partial charge in [0.1, 0.15) is 11.9 Å². The Morgan fingerprint density at radius 1 is 1.39 bits per heavy atom. The molecule has 0 amide bonds. The minimum atomic E-state index is -0.240. The smallest absolute Gasteiger partial charge is 0.191 e. The number of halogens is 1. The number of thioether (sulfide) groups is 1. The van der Waals surface area contributed by atoms with Crippen LogP contribution in [0.4, 0.5) is 4.39 Å². The van der Waals surface area contributed by atoms with Crippen molar-refractivity contribution in [1.29, 1.82) is 0 Å². The van der Waals surface area contributed by atoms with Crippen LogP contribution in [0.1, 0.15) is 31.4 Å². The van der Waals surface area contributed by atoms with E-state index in [1.54, 1.807) is 19.2 Å². The van der Waals surface area contributed by atoms with Gasteiger partial charge < -0.3 is 15.4 Å². The van der Waals surface area contributed by atoms with Crippen molar-refractivity contribution in [2.75, 3.05) is 32.5 Å². The van der Waals surface area contributed by atoms with Crippen molar-refractivity contribution in [2.24, 2.45) is 4.99 Å². The van der Waals surface area contributed by atoms with Crippen LogP contribution in [0.5, 0.6) is 0 Å². The van der Waals surface area contributed by atoms with E-state index in [-0.39, 0.29) is 11.9 Å². The molecule has 2 atom stereocenters. The molecule has 0 bridgehead atoms. The summed E-state index contributed by atoms with van der Waals surface area (Å²) in [6, 6.07) is 6.39. The van der Waals surface area contributed by atoms with E-state index in [1.165, 1.54) is 30.7 Å². The molecule has 1 heterocycles. The van der Waals surface area contributed by atoms with Crippen molar-refractivity contribution < 1.29 is 9.13 Å². The molecule has 2 rings (SSSR count). The molecule has 2 N–H and O–H groups in total. The first kappa shape index (κ1) is 18.1. The number of benzene rings is 1. The first-order valence-corrected chi connectivity index (χ1v) is 9.19. The highest BCUT2D eigenvalue weighted by Crippen LogP contribution is 2.25. The van der Waals surface area contributed by atoms with Gasteiger partial charge in [0.15, 0.2) is 5.96 Å². The van der Waals surface area contributed by atoms with Crippen molar-refractivity contribution in [1.82, 2.24) is 10.6 Å². The maximum atomic E-state index is 13.0. The molecule has 1 aliphatic rings. The summed E-state index contributed by atoms with van der Waals surface area (Å²) in [6.07, 6.45) is 2.40. The number of hydrogen-bond donors (Lipinski definition) is 2. The number of hydrogen-bond acceptors (Lipinski definition) is 3. The fraction of sp³-hybridized carbons (Fsp3) is 0.588. The summed E-state index contributed by atoms with van der Waals surface area (Å²) in [5.74, 6) is 1.83. The Morgan fingerprint density at radius 2 is 2.17 bits per heavy atom. The molecule has 1 aliphatic heterocycles. The summed E-state index contributed by atoms with van der Waals surface area (Å²) in [5.41, 5.74) is 0.930. The highest BCUT2D eigenvalue weighted by Gasteiger charge is 2.16. The topological polar surface area (TPSA) is 45.7 Å². The van der Waals surface area contributed by atoms with Gasteiger partial charge in [-0.2, -0.15) is 11.8 Å². The number of nitrogens with one attached hydrogen (secondary N) is 2. The van der Waals surface area contributed by atoms with Gasteiger partial charge in [-0.15, -0.1) is 0 Å². The Morgan fingerprint density at radius 3 is 2.78 bits per heavy atom. The standard InChI is InChI=1S/C17H26FN3OS/c1-3-19-17(20-11-15-5-4-10-23-15)21-12-16(22-2)13-6-8-14(18)9-7-13/h6-9,15-16H,3-5,10-12H2,1-2H3,(H2,19,20,21). The third kappa shape index (κ3) is 6.03. The second-order valence-electron chi connectivity index (χ2n) is 5.51. The number of ether oxygens (including phenoxy) is 1. The minimum absolute atomic E-state index is 0.174. The van der Waals surface area contributed by atoms with Crippen LogP contribution in [-0.2, 0) is 4.74 Å². The van der Waals surface area contributed by atoms with Crippen LogP contribution in [-0.4, -0.2) is 43.7 Å². The third-order valence-electron chi connectivity index (χ3n) is 3.81. The Labute approximate surface area is 142 Å². The van der Waals surface area contributed by atoms with Crippen LogP contribution in [0.2, 0.25) is 0 Å². The fourth-order valence-electron chi connectivity index (χ4n) is 2.53. The number of aliphatic imine (C=N–C) groups is 1. The molecule has 23 heavy (non-hydrogen) atoms. The van der Waals surface area contributed by atoms with Crippen molar-refractivity contribution in [2.45, 2.75) is 31.1 Å². The lowest BCUT2D eigenvalue weighted by molar-refractivity contribution is 0.111. The Balaban J connectivity index is 1.92. The van der Waals surface area contributed by atoms with Gasteiger partial charge in [-0.05, 0) is 43.2 Å². The molecule has 1 aromatic carbocycles. The maximum absolute atomic E-state index is 13.0. The monoisotopic (exact) mass is 339 g/mol. The minimum Gasteiger partial charge on any atom is -0.375 e. The van der Waals surface area contributed by atoms with E-state index >= 15 is 0 Å². The highest BCUT2D eigenvalue weighted by molar-refractivity contribution is 8.00. The van der Waals surface area contributed by atoms with E-state index in [1.807, 2.05) is 11.8 Å². The Hall–Kier alpha value is -1.27.